The zero-order valence-electron chi connectivity index (χ0n) is 18.4. The van der Waals surface area contributed by atoms with Crippen LogP contribution in [0.3, 0.4) is 0 Å². The lowest BCUT2D eigenvalue weighted by Crippen LogP contribution is -2.28. The number of rotatable bonds is 5. The molecule has 0 atom stereocenters. The Morgan fingerprint density at radius 1 is 0.938 bits per heavy atom. The Kier molecular flexibility index (Phi) is 6.96. The lowest BCUT2D eigenvalue weighted by molar-refractivity contribution is 0.102. The molecule has 0 bridgehead atoms. The normalized spacial score (nSPS) is 15.0. The van der Waals surface area contributed by atoms with Crippen molar-refractivity contribution in [2.75, 3.05) is 38.5 Å². The van der Waals surface area contributed by atoms with Crippen LogP contribution in [0.5, 0.6) is 0 Å². The molecule has 5 nitrogen and oxygen atoms in total. The molecule has 0 unspecified atom stereocenters. The minimum absolute atomic E-state index is 0.190. The smallest absolute Gasteiger partial charge is 0.255 e. The fourth-order valence-electron chi connectivity index (χ4n) is 3.99. The highest BCUT2D eigenvalue weighted by molar-refractivity contribution is 6.04. The molecule has 5 heteroatoms. The Morgan fingerprint density at radius 2 is 1.72 bits per heavy atom. The van der Waals surface area contributed by atoms with E-state index < -0.39 is 0 Å². The Bertz CT molecular complexity index is 1100. The molecule has 4 rings (SSSR count). The molecule has 0 aliphatic carbocycles. The standard InChI is InChI=1S/C27H28N4O/c1-30-14-3-15-31(17-16-30)20-22-8-10-23(11-9-22)25-4-2-5-26(18-25)29-27(32)24-12-6-21(19-28)7-13-24/h2,4-13,18H,3,14-17,20H2,1H3,(H,29,32). The maximum atomic E-state index is 12.5. The number of nitriles is 1. The summed E-state index contributed by atoms with van der Waals surface area (Å²) in [5.41, 5.74) is 5.32. The van der Waals surface area contributed by atoms with Crippen molar-refractivity contribution in [3.63, 3.8) is 0 Å². The Hall–Kier alpha value is -3.46. The number of carbonyl (C=O) groups excluding carboxylic acids is 1. The van der Waals surface area contributed by atoms with Crippen LogP contribution in [0, 0.1) is 11.3 Å². The molecule has 1 amide bonds. The van der Waals surface area contributed by atoms with Crippen LogP contribution in [0.15, 0.2) is 72.8 Å². The van der Waals surface area contributed by atoms with E-state index in [1.807, 2.05) is 18.2 Å². The fraction of sp³-hybridized carbons (Fsp3) is 0.259. The lowest BCUT2D eigenvalue weighted by Gasteiger charge is -2.20. The zero-order valence-corrected chi connectivity index (χ0v) is 18.4. The third-order valence-corrected chi connectivity index (χ3v) is 5.90. The summed E-state index contributed by atoms with van der Waals surface area (Å²) in [6.07, 6.45) is 1.22. The third-order valence-electron chi connectivity index (χ3n) is 5.90. The van der Waals surface area contributed by atoms with Gasteiger partial charge in [-0.15, -0.1) is 0 Å². The zero-order chi connectivity index (χ0) is 22.3. The van der Waals surface area contributed by atoms with Gasteiger partial charge in [0.05, 0.1) is 11.6 Å². The molecule has 3 aromatic carbocycles. The van der Waals surface area contributed by atoms with Gasteiger partial charge in [-0.05, 0) is 79.6 Å². The molecule has 1 fully saturated rings. The second kappa shape index (κ2) is 10.2. The number of nitrogens with zero attached hydrogens (tertiary/aromatic N) is 3. The summed E-state index contributed by atoms with van der Waals surface area (Å²) in [6, 6.07) is 25.3. The summed E-state index contributed by atoms with van der Waals surface area (Å²) in [7, 11) is 2.19. The van der Waals surface area contributed by atoms with Crippen molar-refractivity contribution in [3.8, 4) is 17.2 Å². The first-order valence-corrected chi connectivity index (χ1v) is 11.0. The molecule has 0 saturated carbocycles. The number of hydrogen-bond acceptors (Lipinski definition) is 4. The fourth-order valence-corrected chi connectivity index (χ4v) is 3.99. The van der Waals surface area contributed by atoms with Crippen molar-refractivity contribution >= 4 is 11.6 Å². The highest BCUT2D eigenvalue weighted by Gasteiger charge is 2.12. The van der Waals surface area contributed by atoms with Crippen LogP contribution in [0.25, 0.3) is 11.1 Å². The van der Waals surface area contributed by atoms with E-state index in [0.717, 1.165) is 43.0 Å². The average Bonchev–Trinajstić information content (AvgIpc) is 3.03. The van der Waals surface area contributed by atoms with E-state index in [-0.39, 0.29) is 5.91 Å². The molecule has 3 aromatic rings. The van der Waals surface area contributed by atoms with Gasteiger partial charge in [-0.2, -0.15) is 5.26 Å². The van der Waals surface area contributed by atoms with Gasteiger partial charge in [0.15, 0.2) is 0 Å². The van der Waals surface area contributed by atoms with Crippen LogP contribution in [0.2, 0.25) is 0 Å². The van der Waals surface area contributed by atoms with Crippen LogP contribution in [0.4, 0.5) is 5.69 Å². The number of anilines is 1. The van der Waals surface area contributed by atoms with Crippen LogP contribution in [-0.4, -0.2) is 48.9 Å². The first kappa shape index (κ1) is 21.8. The molecular formula is C27H28N4O. The lowest BCUT2D eigenvalue weighted by atomic mass is 10.0. The van der Waals surface area contributed by atoms with Gasteiger partial charge in [-0.1, -0.05) is 36.4 Å². The highest BCUT2D eigenvalue weighted by Crippen LogP contribution is 2.24. The summed E-state index contributed by atoms with van der Waals surface area (Å²) < 4.78 is 0. The maximum Gasteiger partial charge on any atom is 0.255 e. The molecule has 162 valence electrons. The van der Waals surface area contributed by atoms with E-state index >= 15 is 0 Å². The van der Waals surface area contributed by atoms with E-state index in [1.54, 1.807) is 24.3 Å². The molecule has 32 heavy (non-hydrogen) atoms. The quantitative estimate of drug-likeness (QED) is 0.650. The second-order valence-electron chi connectivity index (χ2n) is 8.35. The second-order valence-corrected chi connectivity index (χ2v) is 8.35. The number of benzene rings is 3. The van der Waals surface area contributed by atoms with Gasteiger partial charge in [0.2, 0.25) is 0 Å². The Labute approximate surface area is 189 Å². The summed E-state index contributed by atoms with van der Waals surface area (Å²) in [5.74, 6) is -0.190. The van der Waals surface area contributed by atoms with Gasteiger partial charge in [0, 0.05) is 30.9 Å². The minimum atomic E-state index is -0.190. The van der Waals surface area contributed by atoms with Crippen molar-refractivity contribution in [1.82, 2.24) is 9.80 Å². The van der Waals surface area contributed by atoms with Crippen molar-refractivity contribution in [2.45, 2.75) is 13.0 Å². The molecule has 1 saturated heterocycles. The monoisotopic (exact) mass is 424 g/mol. The van der Waals surface area contributed by atoms with E-state index in [9.17, 15) is 4.79 Å². The van der Waals surface area contributed by atoms with Crippen LogP contribution >= 0.6 is 0 Å². The third kappa shape index (κ3) is 5.61. The van der Waals surface area contributed by atoms with Crippen LogP contribution < -0.4 is 5.32 Å². The van der Waals surface area contributed by atoms with Gasteiger partial charge in [-0.25, -0.2) is 0 Å². The summed E-state index contributed by atoms with van der Waals surface area (Å²) in [4.78, 5) is 17.5. The van der Waals surface area contributed by atoms with Gasteiger partial charge in [0.1, 0.15) is 0 Å². The maximum absolute atomic E-state index is 12.5. The van der Waals surface area contributed by atoms with Crippen LogP contribution in [-0.2, 0) is 6.54 Å². The Morgan fingerprint density at radius 3 is 2.47 bits per heavy atom. The van der Waals surface area contributed by atoms with Crippen molar-refractivity contribution in [2.24, 2.45) is 0 Å². The molecule has 0 radical (unpaired) electrons. The topological polar surface area (TPSA) is 59.4 Å². The molecule has 1 N–H and O–H groups in total. The van der Waals surface area contributed by atoms with Gasteiger partial charge < -0.3 is 10.2 Å². The first-order valence-electron chi connectivity index (χ1n) is 11.0. The average molecular weight is 425 g/mol. The van der Waals surface area contributed by atoms with E-state index in [1.165, 1.54) is 18.5 Å². The predicted octanol–water partition coefficient (Wildman–Crippen LogP) is 4.62. The molecule has 1 heterocycles. The van der Waals surface area contributed by atoms with Crippen LogP contribution in [0.1, 0.15) is 27.9 Å². The van der Waals surface area contributed by atoms with Gasteiger partial charge in [0.25, 0.3) is 5.91 Å². The predicted molar refractivity (Wildman–Crippen MR) is 128 cm³/mol. The van der Waals surface area contributed by atoms with Crippen molar-refractivity contribution in [3.05, 3.63) is 89.5 Å². The molecule has 0 spiro atoms. The molecule has 0 aromatic heterocycles. The largest absolute Gasteiger partial charge is 0.322 e. The number of likely N-dealkylation sites (N-methyl/N-ethyl adjacent to an activating group) is 1. The molecule has 1 aliphatic heterocycles. The number of carbonyl (C=O) groups is 1. The number of hydrogen-bond donors (Lipinski definition) is 1. The van der Waals surface area contributed by atoms with Gasteiger partial charge in [-0.3, -0.25) is 9.69 Å². The Balaban J connectivity index is 1.41. The van der Waals surface area contributed by atoms with Gasteiger partial charge >= 0.3 is 0 Å². The SMILES string of the molecule is CN1CCCN(Cc2ccc(-c3cccc(NC(=O)c4ccc(C#N)cc4)c3)cc2)CC1. The molecule has 1 aliphatic rings. The first-order chi connectivity index (χ1) is 15.6. The van der Waals surface area contributed by atoms with E-state index in [2.05, 4.69) is 58.6 Å². The van der Waals surface area contributed by atoms with Crippen molar-refractivity contribution < 1.29 is 4.79 Å². The number of amides is 1. The summed E-state index contributed by atoms with van der Waals surface area (Å²) in [6.45, 7) is 5.54. The summed E-state index contributed by atoms with van der Waals surface area (Å²) in [5, 5.41) is 11.9. The van der Waals surface area contributed by atoms with E-state index in [0.29, 0.717) is 11.1 Å². The summed E-state index contributed by atoms with van der Waals surface area (Å²) >= 11 is 0. The number of nitrogens with one attached hydrogen (secondary N) is 1. The highest BCUT2D eigenvalue weighted by atomic mass is 16.1. The van der Waals surface area contributed by atoms with E-state index in [4.69, 9.17) is 5.26 Å². The van der Waals surface area contributed by atoms with Crippen molar-refractivity contribution in [1.29, 1.82) is 5.26 Å². The minimum Gasteiger partial charge on any atom is -0.322 e. The molecular weight excluding hydrogens is 396 g/mol.